The van der Waals surface area contributed by atoms with Crippen LogP contribution in [0.5, 0.6) is 17.2 Å². The second-order valence-corrected chi connectivity index (χ2v) is 5.61. The molecule has 0 aliphatic rings. The van der Waals surface area contributed by atoms with Crippen LogP contribution in [-0.2, 0) is 0 Å². The van der Waals surface area contributed by atoms with E-state index in [-0.39, 0.29) is 0 Å². The van der Waals surface area contributed by atoms with Crippen molar-refractivity contribution in [3.63, 3.8) is 0 Å². The largest absolute Gasteiger partial charge is 0.496 e. The highest BCUT2D eigenvalue weighted by atomic mass is 32.1. The SMILES string of the molecule is COc1ccc(/C=N/n2c(-c3ccccc3OC)n[nH]c2=S)cc1OC. The number of methoxy groups -OCH3 is 3. The molecule has 3 aromatic rings. The third-order valence-electron chi connectivity index (χ3n) is 3.73. The van der Waals surface area contributed by atoms with Crippen molar-refractivity contribution in [1.82, 2.24) is 14.9 Å². The van der Waals surface area contributed by atoms with Crippen LogP contribution in [0.2, 0.25) is 0 Å². The Labute approximate surface area is 155 Å². The average Bonchev–Trinajstić information content (AvgIpc) is 3.06. The number of nitrogens with zero attached hydrogens (tertiary/aromatic N) is 3. The summed E-state index contributed by atoms with van der Waals surface area (Å²) in [5.41, 5.74) is 1.61. The summed E-state index contributed by atoms with van der Waals surface area (Å²) in [4.78, 5) is 0. The van der Waals surface area contributed by atoms with Gasteiger partial charge in [0.05, 0.1) is 33.1 Å². The van der Waals surface area contributed by atoms with Crippen molar-refractivity contribution < 1.29 is 14.2 Å². The third-order valence-corrected chi connectivity index (χ3v) is 3.99. The maximum absolute atomic E-state index is 5.40. The number of ether oxygens (including phenoxy) is 3. The minimum atomic E-state index is 0.377. The molecule has 1 heterocycles. The molecule has 0 spiro atoms. The van der Waals surface area contributed by atoms with E-state index >= 15 is 0 Å². The van der Waals surface area contributed by atoms with Gasteiger partial charge in [-0.25, -0.2) is 5.10 Å². The van der Waals surface area contributed by atoms with E-state index in [0.717, 1.165) is 11.1 Å². The number of aromatic nitrogens is 3. The smallest absolute Gasteiger partial charge is 0.216 e. The van der Waals surface area contributed by atoms with Gasteiger partial charge in [0.2, 0.25) is 4.77 Å². The Bertz CT molecular complexity index is 994. The zero-order valence-corrected chi connectivity index (χ0v) is 15.4. The monoisotopic (exact) mass is 370 g/mol. The van der Waals surface area contributed by atoms with Crippen LogP contribution in [0.1, 0.15) is 5.56 Å². The molecule has 0 amide bonds. The van der Waals surface area contributed by atoms with Crippen molar-refractivity contribution in [1.29, 1.82) is 0 Å². The Morgan fingerprint density at radius 2 is 1.73 bits per heavy atom. The Morgan fingerprint density at radius 3 is 2.46 bits per heavy atom. The normalized spacial score (nSPS) is 10.9. The van der Waals surface area contributed by atoms with Crippen LogP contribution in [0.15, 0.2) is 47.6 Å². The molecule has 0 radical (unpaired) electrons. The van der Waals surface area contributed by atoms with E-state index in [1.807, 2.05) is 42.5 Å². The molecule has 8 heteroatoms. The molecule has 0 saturated heterocycles. The van der Waals surface area contributed by atoms with Crippen molar-refractivity contribution in [3.05, 3.63) is 52.8 Å². The van der Waals surface area contributed by atoms with E-state index in [9.17, 15) is 0 Å². The van der Waals surface area contributed by atoms with Crippen LogP contribution in [0.25, 0.3) is 11.4 Å². The van der Waals surface area contributed by atoms with Crippen LogP contribution >= 0.6 is 12.2 Å². The fourth-order valence-corrected chi connectivity index (χ4v) is 2.64. The lowest BCUT2D eigenvalue weighted by Crippen LogP contribution is -1.97. The van der Waals surface area contributed by atoms with Crippen molar-refractivity contribution in [3.8, 4) is 28.6 Å². The number of para-hydroxylation sites is 1. The van der Waals surface area contributed by atoms with Crippen molar-refractivity contribution in [2.45, 2.75) is 0 Å². The van der Waals surface area contributed by atoms with Gasteiger partial charge in [0.1, 0.15) is 5.75 Å². The second-order valence-electron chi connectivity index (χ2n) is 5.22. The van der Waals surface area contributed by atoms with Crippen LogP contribution in [0.4, 0.5) is 0 Å². The zero-order chi connectivity index (χ0) is 18.5. The number of benzene rings is 2. The molecule has 7 nitrogen and oxygen atoms in total. The topological polar surface area (TPSA) is 73.7 Å². The molecular weight excluding hydrogens is 352 g/mol. The summed E-state index contributed by atoms with van der Waals surface area (Å²) in [5.74, 6) is 2.52. The summed E-state index contributed by atoms with van der Waals surface area (Å²) < 4.78 is 17.9. The van der Waals surface area contributed by atoms with Gasteiger partial charge in [-0.3, -0.25) is 0 Å². The molecule has 3 rings (SSSR count). The lowest BCUT2D eigenvalue weighted by molar-refractivity contribution is 0.355. The number of nitrogens with one attached hydrogen (secondary N) is 1. The van der Waals surface area contributed by atoms with Gasteiger partial charge < -0.3 is 14.2 Å². The van der Waals surface area contributed by atoms with Gasteiger partial charge in [0.25, 0.3) is 0 Å². The molecule has 0 bridgehead atoms. The van der Waals surface area contributed by atoms with Crippen molar-refractivity contribution in [2.75, 3.05) is 21.3 Å². The van der Waals surface area contributed by atoms with Gasteiger partial charge in [-0.05, 0) is 48.1 Å². The predicted octanol–water partition coefficient (Wildman–Crippen LogP) is 3.52. The second kappa shape index (κ2) is 7.83. The quantitative estimate of drug-likeness (QED) is 0.531. The molecule has 0 fully saturated rings. The highest BCUT2D eigenvalue weighted by Gasteiger charge is 2.13. The van der Waals surface area contributed by atoms with E-state index in [1.54, 1.807) is 32.2 Å². The first kappa shape index (κ1) is 17.7. The molecule has 0 unspecified atom stereocenters. The highest BCUT2D eigenvalue weighted by Crippen LogP contribution is 2.29. The molecule has 0 aliphatic heterocycles. The number of aromatic amines is 1. The maximum Gasteiger partial charge on any atom is 0.216 e. The lowest BCUT2D eigenvalue weighted by Gasteiger charge is -2.08. The van der Waals surface area contributed by atoms with Gasteiger partial charge in [0, 0.05) is 0 Å². The molecule has 0 saturated carbocycles. The summed E-state index contributed by atoms with van der Waals surface area (Å²) in [5, 5.41) is 11.5. The summed E-state index contributed by atoms with van der Waals surface area (Å²) in [6.07, 6.45) is 1.67. The van der Waals surface area contributed by atoms with E-state index in [0.29, 0.717) is 27.8 Å². The predicted molar refractivity (Wildman–Crippen MR) is 102 cm³/mol. The summed E-state index contributed by atoms with van der Waals surface area (Å²) in [6, 6.07) is 13.1. The third kappa shape index (κ3) is 3.45. The minimum absolute atomic E-state index is 0.377. The maximum atomic E-state index is 5.40. The van der Waals surface area contributed by atoms with Crippen LogP contribution in [-0.4, -0.2) is 42.4 Å². The van der Waals surface area contributed by atoms with Gasteiger partial charge >= 0.3 is 0 Å². The van der Waals surface area contributed by atoms with E-state index < -0.39 is 0 Å². The molecule has 134 valence electrons. The van der Waals surface area contributed by atoms with E-state index in [2.05, 4.69) is 15.3 Å². The minimum Gasteiger partial charge on any atom is -0.496 e. The highest BCUT2D eigenvalue weighted by molar-refractivity contribution is 7.71. The van der Waals surface area contributed by atoms with Gasteiger partial charge in [-0.1, -0.05) is 12.1 Å². The first-order chi connectivity index (χ1) is 12.7. The number of H-pyrrole nitrogens is 1. The first-order valence-electron chi connectivity index (χ1n) is 7.75. The molecule has 0 atom stereocenters. The van der Waals surface area contributed by atoms with Crippen LogP contribution in [0, 0.1) is 4.77 Å². The summed E-state index contributed by atoms with van der Waals surface area (Å²) in [7, 11) is 4.79. The lowest BCUT2D eigenvalue weighted by atomic mass is 10.2. The van der Waals surface area contributed by atoms with Gasteiger partial charge in [-0.15, -0.1) is 0 Å². The van der Waals surface area contributed by atoms with E-state index in [1.165, 1.54) is 0 Å². The molecule has 1 N–H and O–H groups in total. The number of rotatable bonds is 6. The van der Waals surface area contributed by atoms with Gasteiger partial charge in [-0.2, -0.15) is 14.9 Å². The van der Waals surface area contributed by atoms with Crippen molar-refractivity contribution in [2.24, 2.45) is 5.10 Å². The Hall–Kier alpha value is -3.13. The zero-order valence-electron chi connectivity index (χ0n) is 14.6. The van der Waals surface area contributed by atoms with Gasteiger partial charge in [0.15, 0.2) is 17.3 Å². The molecule has 1 aromatic heterocycles. The Kier molecular flexibility index (Phi) is 5.33. The van der Waals surface area contributed by atoms with E-state index in [4.69, 9.17) is 26.4 Å². The van der Waals surface area contributed by atoms with Crippen LogP contribution < -0.4 is 14.2 Å². The van der Waals surface area contributed by atoms with Crippen LogP contribution in [0.3, 0.4) is 0 Å². The number of hydrogen-bond donors (Lipinski definition) is 1. The molecular formula is C18H18N4O3S. The number of hydrogen-bond acceptors (Lipinski definition) is 6. The molecule has 26 heavy (non-hydrogen) atoms. The fraction of sp³-hybridized carbons (Fsp3) is 0.167. The molecule has 2 aromatic carbocycles. The fourth-order valence-electron chi connectivity index (χ4n) is 2.46. The average molecular weight is 370 g/mol. The molecule has 0 aliphatic carbocycles. The summed E-state index contributed by atoms with van der Waals surface area (Å²) in [6.45, 7) is 0. The standard InChI is InChI=1S/C18H18N4O3S/c1-23-14-7-5-4-6-13(14)17-20-21-18(26)22(17)19-11-12-8-9-15(24-2)16(10-12)25-3/h4-11H,1-3H3,(H,21,26)/b19-11+. The first-order valence-corrected chi connectivity index (χ1v) is 8.16. The Morgan fingerprint density at radius 1 is 1.00 bits per heavy atom. The summed E-state index contributed by atoms with van der Waals surface area (Å²) >= 11 is 5.30. The van der Waals surface area contributed by atoms with Crippen molar-refractivity contribution >= 4 is 18.4 Å². The Balaban J connectivity index is 2.00.